The van der Waals surface area contributed by atoms with Gasteiger partial charge >= 0.3 is 5.97 Å². The second-order valence-electron chi connectivity index (χ2n) is 6.59. The summed E-state index contributed by atoms with van der Waals surface area (Å²) in [5, 5.41) is 0. The molecule has 2 bridgehead atoms. The second kappa shape index (κ2) is 7.59. The zero-order valence-corrected chi connectivity index (χ0v) is 14.3. The van der Waals surface area contributed by atoms with Crippen LogP contribution in [0.25, 0.3) is 0 Å². The van der Waals surface area contributed by atoms with Gasteiger partial charge in [0.15, 0.2) is 0 Å². The number of nitrogens with one attached hydrogen (secondary N) is 1. The number of rotatable bonds is 8. The highest BCUT2D eigenvalue weighted by Crippen LogP contribution is 2.50. The molecule has 0 aliphatic heterocycles. The van der Waals surface area contributed by atoms with Crippen molar-refractivity contribution in [2.75, 3.05) is 13.4 Å². The van der Waals surface area contributed by atoms with Crippen LogP contribution in [0.15, 0.2) is 12.2 Å². The summed E-state index contributed by atoms with van der Waals surface area (Å²) in [5.41, 5.74) is 0. The Labute approximate surface area is 133 Å². The topological polar surface area (TPSA) is 72.5 Å². The molecule has 126 valence electrons. The number of unbranched alkanes of at least 4 members (excludes halogenated alkanes) is 1. The molecule has 0 aromatic rings. The van der Waals surface area contributed by atoms with Crippen molar-refractivity contribution < 1.29 is 17.9 Å². The van der Waals surface area contributed by atoms with Gasteiger partial charge in [0.1, 0.15) is 0 Å². The third-order valence-electron chi connectivity index (χ3n) is 4.99. The van der Waals surface area contributed by atoms with Crippen LogP contribution in [0.3, 0.4) is 0 Å². The van der Waals surface area contributed by atoms with Crippen LogP contribution in [0.1, 0.15) is 44.9 Å². The van der Waals surface area contributed by atoms with Crippen molar-refractivity contribution in [2.45, 2.75) is 51.0 Å². The van der Waals surface area contributed by atoms with E-state index < -0.39 is 10.0 Å². The molecular formula is C16H27NO4S. The molecule has 6 heteroatoms. The van der Waals surface area contributed by atoms with Gasteiger partial charge in [-0.05, 0) is 56.3 Å². The molecule has 0 radical (unpaired) electrons. The molecule has 0 aromatic heterocycles. The molecule has 4 atom stereocenters. The van der Waals surface area contributed by atoms with Gasteiger partial charge in [0.2, 0.25) is 10.0 Å². The van der Waals surface area contributed by atoms with Gasteiger partial charge < -0.3 is 4.74 Å². The number of ether oxygens (including phenoxy) is 1. The van der Waals surface area contributed by atoms with Gasteiger partial charge in [0, 0.05) is 12.5 Å². The fraction of sp³-hybridized carbons (Fsp3) is 0.812. The van der Waals surface area contributed by atoms with Crippen molar-refractivity contribution in [3.63, 3.8) is 0 Å². The van der Waals surface area contributed by atoms with E-state index >= 15 is 0 Å². The lowest BCUT2D eigenvalue weighted by Gasteiger charge is -2.30. The second-order valence-corrected chi connectivity index (χ2v) is 8.37. The minimum absolute atomic E-state index is 0.105. The van der Waals surface area contributed by atoms with E-state index in [1.807, 2.05) is 0 Å². The number of hydrogen-bond donors (Lipinski definition) is 1. The number of esters is 1. The van der Waals surface area contributed by atoms with Gasteiger partial charge in [-0.15, -0.1) is 0 Å². The summed E-state index contributed by atoms with van der Waals surface area (Å²) in [5.74, 6) is 1.42. The maximum atomic E-state index is 11.5. The average Bonchev–Trinajstić information content (AvgIpc) is 3.03. The predicted octanol–water partition coefficient (Wildman–Crippen LogP) is 2.24. The van der Waals surface area contributed by atoms with E-state index in [4.69, 9.17) is 0 Å². The van der Waals surface area contributed by atoms with E-state index in [1.165, 1.54) is 19.8 Å². The number of carbonyl (C=O) groups excluding carboxylic acids is 1. The Balaban J connectivity index is 1.79. The summed E-state index contributed by atoms with van der Waals surface area (Å²) in [6.45, 7) is 0. The first-order valence-corrected chi connectivity index (χ1v) is 9.99. The molecule has 2 aliphatic carbocycles. The zero-order chi connectivity index (χ0) is 16.2. The molecule has 2 saturated carbocycles. The van der Waals surface area contributed by atoms with E-state index in [1.54, 1.807) is 0 Å². The van der Waals surface area contributed by atoms with Crippen LogP contribution in [0.4, 0.5) is 0 Å². The first-order valence-electron chi connectivity index (χ1n) is 8.10. The number of methoxy groups -OCH3 is 1. The fourth-order valence-corrected chi connectivity index (χ4v) is 4.88. The Hall–Kier alpha value is -0.880. The molecule has 2 rings (SSSR count). The summed E-state index contributed by atoms with van der Waals surface area (Å²) < 4.78 is 30.5. The molecule has 0 heterocycles. The first kappa shape index (κ1) is 17.5. The number of carbonyl (C=O) groups is 1. The molecule has 2 fully saturated rings. The third-order valence-corrected chi connectivity index (χ3v) is 5.69. The normalized spacial score (nSPS) is 31.0. The Morgan fingerprint density at radius 3 is 2.68 bits per heavy atom. The molecule has 0 saturated heterocycles. The van der Waals surface area contributed by atoms with Crippen LogP contribution in [0.2, 0.25) is 0 Å². The molecule has 22 heavy (non-hydrogen) atoms. The van der Waals surface area contributed by atoms with Crippen LogP contribution < -0.4 is 4.72 Å². The van der Waals surface area contributed by atoms with Crippen LogP contribution in [-0.2, 0) is 19.6 Å². The lowest BCUT2D eigenvalue weighted by molar-refractivity contribution is -0.140. The SMILES string of the molecule is COC(=O)CCCC=CCC1C2CCC(C2)C1NS(C)(=O)=O. The van der Waals surface area contributed by atoms with Crippen LogP contribution in [-0.4, -0.2) is 33.8 Å². The van der Waals surface area contributed by atoms with Crippen LogP contribution >= 0.6 is 0 Å². The molecule has 0 aromatic carbocycles. The Bertz CT molecular complexity index is 514. The number of fused-ring (bicyclic) bond motifs is 2. The summed E-state index contributed by atoms with van der Waals surface area (Å²) in [6.07, 6.45) is 12.1. The maximum Gasteiger partial charge on any atom is 0.305 e. The minimum atomic E-state index is -3.14. The number of allylic oxidation sites excluding steroid dienone is 2. The van der Waals surface area contributed by atoms with Crippen molar-refractivity contribution in [1.82, 2.24) is 4.72 Å². The van der Waals surface area contributed by atoms with Gasteiger partial charge in [-0.2, -0.15) is 0 Å². The molecule has 5 nitrogen and oxygen atoms in total. The molecule has 1 N–H and O–H groups in total. The molecule has 2 aliphatic rings. The lowest BCUT2D eigenvalue weighted by atomic mass is 9.83. The molecule has 0 spiro atoms. The summed E-state index contributed by atoms with van der Waals surface area (Å²) in [4.78, 5) is 11.0. The van der Waals surface area contributed by atoms with Crippen LogP contribution in [0, 0.1) is 17.8 Å². The Morgan fingerprint density at radius 1 is 1.27 bits per heavy atom. The van der Waals surface area contributed by atoms with E-state index in [2.05, 4.69) is 21.6 Å². The molecule has 0 amide bonds. The zero-order valence-electron chi connectivity index (χ0n) is 13.5. The minimum Gasteiger partial charge on any atom is -0.469 e. The molecular weight excluding hydrogens is 302 g/mol. The standard InChI is InChI=1S/C16H27NO4S/c1-21-15(18)8-6-4-3-5-7-14-12-9-10-13(11-12)16(14)17-22(2,19)20/h3,5,12-14,16-17H,4,6-11H2,1-2H3. The summed E-state index contributed by atoms with van der Waals surface area (Å²) in [6, 6.07) is 0.105. The van der Waals surface area contributed by atoms with Crippen molar-refractivity contribution >= 4 is 16.0 Å². The maximum absolute atomic E-state index is 11.5. The quantitative estimate of drug-likeness (QED) is 0.421. The highest BCUT2D eigenvalue weighted by atomic mass is 32.2. The smallest absolute Gasteiger partial charge is 0.305 e. The van der Waals surface area contributed by atoms with Gasteiger partial charge in [-0.25, -0.2) is 13.1 Å². The van der Waals surface area contributed by atoms with Gasteiger partial charge in [0.05, 0.1) is 13.4 Å². The Morgan fingerprint density at radius 2 is 2.00 bits per heavy atom. The first-order chi connectivity index (χ1) is 10.4. The van der Waals surface area contributed by atoms with Crippen molar-refractivity contribution in [2.24, 2.45) is 17.8 Å². The van der Waals surface area contributed by atoms with Crippen molar-refractivity contribution in [1.29, 1.82) is 0 Å². The highest BCUT2D eigenvalue weighted by molar-refractivity contribution is 7.88. The number of hydrogen-bond acceptors (Lipinski definition) is 4. The van der Waals surface area contributed by atoms with E-state index in [0.29, 0.717) is 24.2 Å². The third kappa shape index (κ3) is 4.81. The predicted molar refractivity (Wildman–Crippen MR) is 85.7 cm³/mol. The lowest BCUT2D eigenvalue weighted by Crippen LogP contribution is -2.43. The largest absolute Gasteiger partial charge is 0.469 e. The van der Waals surface area contributed by atoms with Crippen molar-refractivity contribution in [3.05, 3.63) is 12.2 Å². The van der Waals surface area contributed by atoms with E-state index in [0.717, 1.165) is 32.1 Å². The molecule has 4 unspecified atom stereocenters. The van der Waals surface area contributed by atoms with Gasteiger partial charge in [-0.1, -0.05) is 12.2 Å². The summed E-state index contributed by atoms with van der Waals surface area (Å²) in [7, 11) is -1.74. The number of sulfonamides is 1. The average molecular weight is 329 g/mol. The fourth-order valence-electron chi connectivity index (χ4n) is 4.02. The monoisotopic (exact) mass is 329 g/mol. The highest BCUT2D eigenvalue weighted by Gasteiger charge is 2.47. The van der Waals surface area contributed by atoms with Gasteiger partial charge in [-0.3, -0.25) is 4.79 Å². The van der Waals surface area contributed by atoms with Crippen LogP contribution in [0.5, 0.6) is 0 Å². The summed E-state index contributed by atoms with van der Waals surface area (Å²) >= 11 is 0. The van der Waals surface area contributed by atoms with Crippen molar-refractivity contribution in [3.8, 4) is 0 Å². The van der Waals surface area contributed by atoms with Gasteiger partial charge in [0.25, 0.3) is 0 Å². The Kier molecular flexibility index (Phi) is 6.03. The van der Waals surface area contributed by atoms with E-state index in [-0.39, 0.29) is 12.0 Å². The van der Waals surface area contributed by atoms with E-state index in [9.17, 15) is 13.2 Å².